The monoisotopic (exact) mass is 310 g/mol. The molecule has 0 aromatic heterocycles. The Balaban J connectivity index is 2.81. The van der Waals surface area contributed by atoms with Gasteiger partial charge in [-0.1, -0.05) is 13.8 Å². The van der Waals surface area contributed by atoms with Crippen LogP contribution in [0.15, 0.2) is 24.3 Å². The Bertz CT molecular complexity index is 499. The Morgan fingerprint density at radius 1 is 1.27 bits per heavy atom. The average Bonchev–Trinajstić information content (AvgIpc) is 2.53. The molecule has 0 fully saturated rings. The van der Waals surface area contributed by atoms with E-state index < -0.39 is 23.7 Å². The van der Waals surface area contributed by atoms with Crippen molar-refractivity contribution in [1.82, 2.24) is 5.32 Å². The van der Waals surface area contributed by atoms with E-state index in [0.29, 0.717) is 18.4 Å². The van der Waals surface area contributed by atoms with Crippen LogP contribution in [-0.2, 0) is 4.79 Å². The molecule has 0 spiro atoms. The fraction of sp³-hybridized carbons (Fsp3) is 0.533. The second-order valence-corrected chi connectivity index (χ2v) is 5.10. The summed E-state index contributed by atoms with van der Waals surface area (Å²) in [5.41, 5.74) is 0.312. The standard InChI is InChI=1S/C15H22N2O5/c1-3-10(4-2)15(20)16-13(9-18)14(19)11-5-7-12(8-6-11)17(21)22/h5-8,10,13-14,18-19H,3-4,9H2,1-2H3,(H,16,20)/t13-,14-/m1/s1. The highest BCUT2D eigenvalue weighted by Crippen LogP contribution is 2.21. The highest BCUT2D eigenvalue weighted by molar-refractivity contribution is 5.78. The largest absolute Gasteiger partial charge is 0.394 e. The zero-order valence-corrected chi connectivity index (χ0v) is 12.7. The number of amides is 1. The lowest BCUT2D eigenvalue weighted by Gasteiger charge is -2.24. The summed E-state index contributed by atoms with van der Waals surface area (Å²) < 4.78 is 0. The lowest BCUT2D eigenvalue weighted by molar-refractivity contribution is -0.384. The fourth-order valence-electron chi connectivity index (χ4n) is 2.21. The molecule has 0 saturated carbocycles. The minimum absolute atomic E-state index is 0.0856. The van der Waals surface area contributed by atoms with E-state index in [1.54, 1.807) is 0 Å². The Morgan fingerprint density at radius 3 is 2.23 bits per heavy atom. The van der Waals surface area contributed by atoms with Crippen molar-refractivity contribution in [2.24, 2.45) is 5.92 Å². The topological polar surface area (TPSA) is 113 Å². The smallest absolute Gasteiger partial charge is 0.269 e. The van der Waals surface area contributed by atoms with E-state index in [4.69, 9.17) is 0 Å². The van der Waals surface area contributed by atoms with Gasteiger partial charge in [0.25, 0.3) is 5.69 Å². The fourth-order valence-corrected chi connectivity index (χ4v) is 2.21. The molecule has 0 aliphatic heterocycles. The average molecular weight is 310 g/mol. The molecule has 3 N–H and O–H groups in total. The van der Waals surface area contributed by atoms with Crippen LogP contribution in [0.25, 0.3) is 0 Å². The third kappa shape index (κ3) is 4.51. The first-order chi connectivity index (χ1) is 10.4. The molecular weight excluding hydrogens is 288 g/mol. The number of non-ortho nitro benzene ring substituents is 1. The lowest BCUT2D eigenvalue weighted by Crippen LogP contribution is -2.44. The number of aliphatic hydroxyl groups excluding tert-OH is 2. The molecule has 0 unspecified atom stereocenters. The Hall–Kier alpha value is -1.99. The highest BCUT2D eigenvalue weighted by Gasteiger charge is 2.25. The third-order valence-corrected chi connectivity index (χ3v) is 3.71. The van der Waals surface area contributed by atoms with E-state index in [1.165, 1.54) is 24.3 Å². The molecule has 7 nitrogen and oxygen atoms in total. The number of nitro benzene ring substituents is 1. The van der Waals surface area contributed by atoms with Gasteiger partial charge in [-0.25, -0.2) is 0 Å². The zero-order valence-electron chi connectivity index (χ0n) is 12.7. The molecular formula is C15H22N2O5. The summed E-state index contributed by atoms with van der Waals surface area (Å²) >= 11 is 0. The molecule has 1 rings (SSSR count). The molecule has 0 radical (unpaired) electrons. The minimum atomic E-state index is -1.14. The van der Waals surface area contributed by atoms with E-state index in [1.807, 2.05) is 13.8 Å². The molecule has 7 heteroatoms. The Labute approximate surface area is 129 Å². The van der Waals surface area contributed by atoms with Gasteiger partial charge in [-0.3, -0.25) is 14.9 Å². The molecule has 0 saturated heterocycles. The summed E-state index contributed by atoms with van der Waals surface area (Å²) in [6.45, 7) is 3.37. The van der Waals surface area contributed by atoms with Crippen LogP contribution in [0, 0.1) is 16.0 Å². The number of carbonyl (C=O) groups is 1. The highest BCUT2D eigenvalue weighted by atomic mass is 16.6. The Kier molecular flexibility index (Phi) is 6.94. The van der Waals surface area contributed by atoms with Crippen molar-refractivity contribution in [2.45, 2.75) is 38.8 Å². The van der Waals surface area contributed by atoms with Gasteiger partial charge < -0.3 is 15.5 Å². The van der Waals surface area contributed by atoms with Crippen molar-refractivity contribution < 1.29 is 19.9 Å². The van der Waals surface area contributed by atoms with Gasteiger partial charge in [-0.05, 0) is 30.5 Å². The number of nitrogens with zero attached hydrogens (tertiary/aromatic N) is 1. The second kappa shape index (κ2) is 8.45. The first-order valence-electron chi connectivity index (χ1n) is 7.28. The van der Waals surface area contributed by atoms with Crippen LogP contribution in [0.1, 0.15) is 38.4 Å². The summed E-state index contributed by atoms with van der Waals surface area (Å²) in [6.07, 6.45) is 0.214. The van der Waals surface area contributed by atoms with Crippen molar-refractivity contribution in [3.63, 3.8) is 0 Å². The lowest BCUT2D eigenvalue weighted by atomic mass is 9.99. The van der Waals surface area contributed by atoms with Gasteiger partial charge in [0.2, 0.25) is 5.91 Å². The maximum atomic E-state index is 12.0. The van der Waals surface area contributed by atoms with E-state index >= 15 is 0 Å². The van der Waals surface area contributed by atoms with E-state index in [2.05, 4.69) is 5.32 Å². The number of rotatable bonds is 8. The molecule has 122 valence electrons. The summed E-state index contributed by atoms with van der Waals surface area (Å²) in [6, 6.07) is 4.52. The maximum Gasteiger partial charge on any atom is 0.269 e. The second-order valence-electron chi connectivity index (χ2n) is 5.10. The number of benzene rings is 1. The molecule has 1 aromatic carbocycles. The van der Waals surface area contributed by atoms with Crippen LogP contribution in [-0.4, -0.2) is 33.7 Å². The SMILES string of the molecule is CCC(CC)C(=O)N[C@H](CO)[C@H](O)c1ccc([N+](=O)[O-])cc1. The first-order valence-corrected chi connectivity index (χ1v) is 7.28. The summed E-state index contributed by atoms with van der Waals surface area (Å²) in [7, 11) is 0. The van der Waals surface area contributed by atoms with Gasteiger partial charge in [0, 0.05) is 18.1 Å². The normalized spacial score (nSPS) is 13.7. The summed E-state index contributed by atoms with van der Waals surface area (Å²) in [5, 5.41) is 32.9. The maximum absolute atomic E-state index is 12.0. The summed E-state index contributed by atoms with van der Waals surface area (Å²) in [5.74, 6) is -0.386. The van der Waals surface area contributed by atoms with Crippen LogP contribution in [0.4, 0.5) is 5.69 Å². The molecule has 1 amide bonds. The van der Waals surface area contributed by atoms with Crippen LogP contribution in [0.2, 0.25) is 0 Å². The zero-order chi connectivity index (χ0) is 16.7. The molecule has 22 heavy (non-hydrogen) atoms. The van der Waals surface area contributed by atoms with Gasteiger partial charge in [0.15, 0.2) is 0 Å². The van der Waals surface area contributed by atoms with Gasteiger partial charge in [0.05, 0.1) is 17.6 Å². The molecule has 0 heterocycles. The number of nitrogens with one attached hydrogen (secondary N) is 1. The van der Waals surface area contributed by atoms with Crippen molar-refractivity contribution >= 4 is 11.6 Å². The van der Waals surface area contributed by atoms with Crippen LogP contribution in [0.3, 0.4) is 0 Å². The molecule has 2 atom stereocenters. The molecule has 1 aromatic rings. The quantitative estimate of drug-likeness (QED) is 0.498. The number of hydrogen-bond donors (Lipinski definition) is 3. The van der Waals surface area contributed by atoms with Gasteiger partial charge >= 0.3 is 0 Å². The summed E-state index contributed by atoms with van der Waals surface area (Å²) in [4.78, 5) is 22.1. The van der Waals surface area contributed by atoms with Crippen molar-refractivity contribution in [1.29, 1.82) is 0 Å². The predicted molar refractivity (Wildman–Crippen MR) is 81.1 cm³/mol. The van der Waals surface area contributed by atoms with Gasteiger partial charge in [-0.15, -0.1) is 0 Å². The van der Waals surface area contributed by atoms with E-state index in [-0.39, 0.29) is 17.5 Å². The van der Waals surface area contributed by atoms with Crippen LogP contribution >= 0.6 is 0 Å². The number of carbonyl (C=O) groups excluding carboxylic acids is 1. The van der Waals surface area contributed by atoms with Crippen molar-refractivity contribution in [2.75, 3.05) is 6.61 Å². The number of hydrogen-bond acceptors (Lipinski definition) is 5. The number of aliphatic hydroxyl groups is 2. The van der Waals surface area contributed by atoms with Gasteiger partial charge in [-0.2, -0.15) is 0 Å². The van der Waals surface area contributed by atoms with Crippen molar-refractivity contribution in [3.05, 3.63) is 39.9 Å². The Morgan fingerprint density at radius 2 is 1.82 bits per heavy atom. The number of nitro groups is 1. The molecule has 0 bridgehead atoms. The van der Waals surface area contributed by atoms with Crippen LogP contribution in [0.5, 0.6) is 0 Å². The third-order valence-electron chi connectivity index (χ3n) is 3.71. The van der Waals surface area contributed by atoms with Crippen molar-refractivity contribution in [3.8, 4) is 0 Å². The van der Waals surface area contributed by atoms with Crippen LogP contribution < -0.4 is 5.32 Å². The molecule has 0 aliphatic carbocycles. The van der Waals surface area contributed by atoms with E-state index in [9.17, 15) is 25.1 Å². The predicted octanol–water partition coefficient (Wildman–Crippen LogP) is 1.54. The molecule has 0 aliphatic rings. The first kappa shape index (κ1) is 18.1. The van der Waals surface area contributed by atoms with Gasteiger partial charge in [0.1, 0.15) is 6.10 Å². The van der Waals surface area contributed by atoms with E-state index in [0.717, 1.165) is 0 Å². The minimum Gasteiger partial charge on any atom is -0.394 e.